The zero-order valence-electron chi connectivity index (χ0n) is 20.9. The van der Waals surface area contributed by atoms with E-state index in [9.17, 15) is 13.2 Å². The number of nitrogens with zero attached hydrogens (tertiary/aromatic N) is 4. The van der Waals surface area contributed by atoms with Gasteiger partial charge in [0.2, 0.25) is 10.0 Å². The third kappa shape index (κ3) is 4.46. The summed E-state index contributed by atoms with van der Waals surface area (Å²) in [6, 6.07) is 8.22. The van der Waals surface area contributed by atoms with E-state index in [4.69, 9.17) is 10.1 Å². The molecule has 0 spiro atoms. The first-order valence-electron chi connectivity index (χ1n) is 11.5. The zero-order valence-corrected chi connectivity index (χ0v) is 21.7. The number of hydrogen-bond acceptors (Lipinski definition) is 5. The summed E-state index contributed by atoms with van der Waals surface area (Å²) in [7, 11) is -0.499. The summed E-state index contributed by atoms with van der Waals surface area (Å²) in [6.45, 7) is 10.0. The van der Waals surface area contributed by atoms with E-state index in [1.807, 2.05) is 24.6 Å². The summed E-state index contributed by atoms with van der Waals surface area (Å²) in [6.07, 6.45) is 2.17. The molecular formula is C25H33N5O3S. The molecule has 1 aromatic carbocycles. The van der Waals surface area contributed by atoms with Crippen LogP contribution in [0.3, 0.4) is 0 Å². The van der Waals surface area contributed by atoms with Crippen LogP contribution < -0.4 is 5.32 Å². The summed E-state index contributed by atoms with van der Waals surface area (Å²) in [4.78, 5) is 18.6. The van der Waals surface area contributed by atoms with Crippen LogP contribution in [0.5, 0.6) is 0 Å². The number of carbonyl (C=O) groups is 1. The molecule has 1 unspecified atom stereocenters. The van der Waals surface area contributed by atoms with Gasteiger partial charge in [-0.05, 0) is 71.2 Å². The van der Waals surface area contributed by atoms with E-state index in [2.05, 4.69) is 26.1 Å². The molecule has 1 saturated carbocycles. The van der Waals surface area contributed by atoms with Gasteiger partial charge in [-0.25, -0.2) is 22.4 Å². The number of pyridine rings is 1. The number of carbonyl (C=O) groups excluding carboxylic acids is 1. The zero-order chi connectivity index (χ0) is 25.0. The van der Waals surface area contributed by atoms with E-state index < -0.39 is 10.0 Å². The number of nitrogens with one attached hydrogen (secondary N) is 1. The number of fused-ring (bicyclic) bond motifs is 1. The van der Waals surface area contributed by atoms with Crippen molar-refractivity contribution in [3.8, 4) is 0 Å². The Labute approximate surface area is 201 Å². The van der Waals surface area contributed by atoms with Gasteiger partial charge in [0.05, 0.1) is 33.1 Å². The lowest BCUT2D eigenvalue weighted by Crippen LogP contribution is -2.27. The monoisotopic (exact) mass is 483 g/mol. The molecule has 0 aliphatic heterocycles. The number of rotatable bonds is 6. The van der Waals surface area contributed by atoms with Crippen molar-refractivity contribution in [2.75, 3.05) is 14.1 Å². The molecule has 1 aliphatic carbocycles. The first kappa shape index (κ1) is 24.3. The smallest absolute Gasteiger partial charge is 0.252 e. The minimum atomic E-state index is -3.50. The SMILES string of the molecule is Cc1nn(C(C)(C)C)c2nc(C3CC3)cc(C(=O)NC(C)c3ccc(S(=O)(=O)N(C)C)cc3)c12. The Morgan fingerprint density at radius 1 is 1.18 bits per heavy atom. The highest BCUT2D eigenvalue weighted by Crippen LogP contribution is 2.41. The van der Waals surface area contributed by atoms with Gasteiger partial charge in [-0.2, -0.15) is 5.10 Å². The highest BCUT2D eigenvalue weighted by atomic mass is 32.2. The van der Waals surface area contributed by atoms with E-state index in [0.29, 0.717) is 11.5 Å². The normalized spacial score (nSPS) is 15.6. The first-order chi connectivity index (χ1) is 15.8. The number of aryl methyl sites for hydroxylation is 1. The van der Waals surface area contributed by atoms with Crippen molar-refractivity contribution in [3.63, 3.8) is 0 Å². The Balaban J connectivity index is 1.67. The van der Waals surface area contributed by atoms with Gasteiger partial charge in [0.25, 0.3) is 5.91 Å². The van der Waals surface area contributed by atoms with E-state index >= 15 is 0 Å². The fourth-order valence-corrected chi connectivity index (χ4v) is 4.94. The highest BCUT2D eigenvalue weighted by Gasteiger charge is 2.30. The Bertz CT molecular complexity index is 1350. The van der Waals surface area contributed by atoms with Gasteiger partial charge in [-0.15, -0.1) is 0 Å². The largest absolute Gasteiger partial charge is 0.345 e. The van der Waals surface area contributed by atoms with Crippen molar-refractivity contribution in [1.29, 1.82) is 0 Å². The fraction of sp³-hybridized carbons (Fsp3) is 0.480. The topological polar surface area (TPSA) is 97.2 Å². The van der Waals surface area contributed by atoms with Crippen LogP contribution in [-0.2, 0) is 15.6 Å². The van der Waals surface area contributed by atoms with Crippen LogP contribution in [0.25, 0.3) is 11.0 Å². The lowest BCUT2D eigenvalue weighted by molar-refractivity contribution is 0.0941. The second kappa shape index (κ2) is 8.46. The van der Waals surface area contributed by atoms with Gasteiger partial charge >= 0.3 is 0 Å². The van der Waals surface area contributed by atoms with Crippen molar-refractivity contribution in [1.82, 2.24) is 24.4 Å². The Hall–Kier alpha value is -2.78. The molecule has 2 heterocycles. The summed E-state index contributed by atoms with van der Waals surface area (Å²) < 4.78 is 27.8. The molecule has 1 fully saturated rings. The molecule has 1 aliphatic rings. The molecular weight excluding hydrogens is 450 g/mol. The average Bonchev–Trinajstić information content (AvgIpc) is 3.55. The van der Waals surface area contributed by atoms with Crippen molar-refractivity contribution in [2.45, 2.75) is 69.9 Å². The number of benzene rings is 1. The standard InChI is InChI=1S/C25H33N5O3S/c1-15(17-10-12-19(13-11-17)34(32,33)29(6)7)26-24(31)20-14-21(18-8-9-18)27-23-22(20)16(2)28-30(23)25(3,4)5/h10-15,18H,8-9H2,1-7H3,(H,26,31). The number of amides is 1. The maximum atomic E-state index is 13.5. The first-order valence-corrected chi connectivity index (χ1v) is 13.0. The molecule has 3 aromatic rings. The molecule has 34 heavy (non-hydrogen) atoms. The Morgan fingerprint density at radius 3 is 2.32 bits per heavy atom. The molecule has 182 valence electrons. The molecule has 1 N–H and O–H groups in total. The van der Waals surface area contributed by atoms with Crippen LogP contribution in [0.15, 0.2) is 35.2 Å². The van der Waals surface area contributed by atoms with Gasteiger partial charge in [-0.1, -0.05) is 12.1 Å². The number of aromatic nitrogens is 3. The van der Waals surface area contributed by atoms with Crippen molar-refractivity contribution >= 4 is 27.0 Å². The van der Waals surface area contributed by atoms with Crippen molar-refractivity contribution in [2.24, 2.45) is 0 Å². The summed E-state index contributed by atoms with van der Waals surface area (Å²) in [5.41, 5.74) is 3.59. The minimum absolute atomic E-state index is 0.191. The Kier molecular flexibility index (Phi) is 6.06. The van der Waals surface area contributed by atoms with Crippen LogP contribution >= 0.6 is 0 Å². The Morgan fingerprint density at radius 2 is 1.79 bits per heavy atom. The minimum Gasteiger partial charge on any atom is -0.345 e. The van der Waals surface area contributed by atoms with E-state index in [-0.39, 0.29) is 22.4 Å². The molecule has 8 nitrogen and oxygen atoms in total. The number of hydrogen-bond donors (Lipinski definition) is 1. The molecule has 0 bridgehead atoms. The fourth-order valence-electron chi connectivity index (χ4n) is 4.04. The maximum absolute atomic E-state index is 13.5. The van der Waals surface area contributed by atoms with Gasteiger partial charge in [-0.3, -0.25) is 4.79 Å². The third-order valence-corrected chi connectivity index (χ3v) is 8.04. The highest BCUT2D eigenvalue weighted by molar-refractivity contribution is 7.89. The lowest BCUT2D eigenvalue weighted by Gasteiger charge is -2.20. The molecule has 0 saturated heterocycles. The second-order valence-corrected chi connectivity index (χ2v) is 12.4. The van der Waals surface area contributed by atoms with Crippen LogP contribution in [-0.4, -0.2) is 47.5 Å². The summed E-state index contributed by atoms with van der Waals surface area (Å²) >= 11 is 0. The second-order valence-electron chi connectivity index (χ2n) is 10.3. The molecule has 1 atom stereocenters. The van der Waals surface area contributed by atoms with E-state index in [1.54, 1.807) is 24.3 Å². The summed E-state index contributed by atoms with van der Waals surface area (Å²) in [5.74, 6) is 0.200. The molecule has 1 amide bonds. The lowest BCUT2D eigenvalue weighted by atomic mass is 10.0. The van der Waals surface area contributed by atoms with Gasteiger partial charge < -0.3 is 5.32 Å². The predicted octanol–water partition coefficient (Wildman–Crippen LogP) is 4.11. The molecule has 4 rings (SSSR count). The number of sulfonamides is 1. The van der Waals surface area contributed by atoms with Crippen LogP contribution in [0.4, 0.5) is 0 Å². The molecule has 2 aromatic heterocycles. The average molecular weight is 484 g/mol. The van der Waals surface area contributed by atoms with Crippen molar-refractivity contribution in [3.05, 3.63) is 52.8 Å². The van der Waals surface area contributed by atoms with Crippen molar-refractivity contribution < 1.29 is 13.2 Å². The van der Waals surface area contributed by atoms with Gasteiger partial charge in [0.1, 0.15) is 0 Å². The third-order valence-electron chi connectivity index (χ3n) is 6.21. The maximum Gasteiger partial charge on any atom is 0.252 e. The van der Waals surface area contributed by atoms with Crippen LogP contribution in [0.1, 0.15) is 79.8 Å². The molecule has 9 heteroatoms. The quantitative estimate of drug-likeness (QED) is 0.569. The van der Waals surface area contributed by atoms with E-state index in [0.717, 1.165) is 40.8 Å². The van der Waals surface area contributed by atoms with Crippen LogP contribution in [0, 0.1) is 6.92 Å². The summed E-state index contributed by atoms with van der Waals surface area (Å²) in [5, 5.41) is 8.58. The molecule has 0 radical (unpaired) electrons. The predicted molar refractivity (Wildman–Crippen MR) is 132 cm³/mol. The van der Waals surface area contributed by atoms with E-state index in [1.165, 1.54) is 18.4 Å². The van der Waals surface area contributed by atoms with Gasteiger partial charge in [0, 0.05) is 25.7 Å². The van der Waals surface area contributed by atoms with Crippen LogP contribution in [0.2, 0.25) is 0 Å². The van der Waals surface area contributed by atoms with Gasteiger partial charge in [0.15, 0.2) is 5.65 Å².